The largest absolute Gasteiger partial charge is 0.399 e. The maximum Gasteiger partial charge on any atom is 0.244 e. The molecule has 0 aliphatic carbocycles. The Balaban J connectivity index is 1.87. The van der Waals surface area contributed by atoms with Gasteiger partial charge in [0.2, 0.25) is 5.91 Å². The van der Waals surface area contributed by atoms with E-state index in [9.17, 15) is 4.79 Å². The Kier molecular flexibility index (Phi) is 4.03. The topological polar surface area (TPSA) is 60.0 Å². The van der Waals surface area contributed by atoms with Crippen molar-refractivity contribution in [1.29, 1.82) is 0 Å². The summed E-state index contributed by atoms with van der Waals surface area (Å²) < 4.78 is 1.95. The number of benzene rings is 1. The fourth-order valence-electron chi connectivity index (χ4n) is 1.75. The first kappa shape index (κ1) is 13.0. The van der Waals surface area contributed by atoms with Crippen LogP contribution in [0, 0.1) is 0 Å². The lowest BCUT2D eigenvalue weighted by molar-refractivity contribution is -0.116. The fourth-order valence-corrected chi connectivity index (χ4v) is 1.75. The van der Waals surface area contributed by atoms with Crippen molar-refractivity contribution >= 4 is 17.7 Å². The van der Waals surface area contributed by atoms with Crippen LogP contribution >= 0.6 is 0 Å². The first-order chi connectivity index (χ1) is 9.13. The maximum absolute atomic E-state index is 11.6. The average molecular weight is 255 g/mol. The molecule has 1 aromatic heterocycles. The lowest BCUT2D eigenvalue weighted by Gasteiger charge is -2.00. The number of anilines is 1. The summed E-state index contributed by atoms with van der Waals surface area (Å²) >= 11 is 0. The lowest BCUT2D eigenvalue weighted by atomic mass is 10.2. The molecule has 4 nitrogen and oxygen atoms in total. The van der Waals surface area contributed by atoms with E-state index in [1.165, 1.54) is 6.08 Å². The van der Waals surface area contributed by atoms with Gasteiger partial charge in [-0.2, -0.15) is 0 Å². The van der Waals surface area contributed by atoms with Gasteiger partial charge in [0.15, 0.2) is 0 Å². The molecule has 1 amide bonds. The van der Waals surface area contributed by atoms with E-state index in [1.807, 2.05) is 54.3 Å². The molecule has 0 aliphatic rings. The number of carbonyl (C=O) groups is 1. The van der Waals surface area contributed by atoms with E-state index < -0.39 is 0 Å². The quantitative estimate of drug-likeness (QED) is 0.648. The highest BCUT2D eigenvalue weighted by Gasteiger charge is 1.98. The molecule has 0 unspecified atom stereocenters. The van der Waals surface area contributed by atoms with Crippen molar-refractivity contribution in [3.63, 3.8) is 0 Å². The Morgan fingerprint density at radius 3 is 2.95 bits per heavy atom. The number of nitrogen functional groups attached to an aromatic ring is 1. The third kappa shape index (κ3) is 4.03. The second-order valence-electron chi connectivity index (χ2n) is 4.41. The molecule has 2 aromatic rings. The van der Waals surface area contributed by atoms with Gasteiger partial charge in [0, 0.05) is 37.7 Å². The molecule has 0 fully saturated rings. The van der Waals surface area contributed by atoms with Gasteiger partial charge in [-0.1, -0.05) is 12.1 Å². The summed E-state index contributed by atoms with van der Waals surface area (Å²) in [5.74, 6) is -0.119. The van der Waals surface area contributed by atoms with E-state index in [2.05, 4.69) is 5.32 Å². The summed E-state index contributed by atoms with van der Waals surface area (Å²) in [6, 6.07) is 9.36. The molecule has 4 heteroatoms. The van der Waals surface area contributed by atoms with Gasteiger partial charge in [-0.05, 0) is 35.4 Å². The minimum atomic E-state index is -0.119. The van der Waals surface area contributed by atoms with Gasteiger partial charge in [-0.3, -0.25) is 4.79 Å². The number of rotatable bonds is 4. The molecule has 2 rings (SSSR count). The monoisotopic (exact) mass is 255 g/mol. The van der Waals surface area contributed by atoms with Gasteiger partial charge in [0.05, 0.1) is 0 Å². The zero-order chi connectivity index (χ0) is 13.7. The van der Waals surface area contributed by atoms with E-state index in [0.717, 1.165) is 11.1 Å². The maximum atomic E-state index is 11.6. The van der Waals surface area contributed by atoms with Crippen LogP contribution in [0.5, 0.6) is 0 Å². The van der Waals surface area contributed by atoms with Crippen molar-refractivity contribution in [1.82, 2.24) is 9.88 Å². The Labute approximate surface area is 112 Å². The number of nitrogens with one attached hydrogen (secondary N) is 1. The third-order valence-electron chi connectivity index (χ3n) is 2.70. The van der Waals surface area contributed by atoms with Crippen LogP contribution in [0.25, 0.3) is 6.08 Å². The van der Waals surface area contributed by atoms with Crippen LogP contribution in [-0.2, 0) is 18.4 Å². The Morgan fingerprint density at radius 1 is 1.42 bits per heavy atom. The molecule has 0 aliphatic heterocycles. The number of nitrogens with two attached hydrogens (primary N) is 1. The first-order valence-electron chi connectivity index (χ1n) is 6.06. The lowest BCUT2D eigenvalue weighted by Crippen LogP contribution is -2.19. The van der Waals surface area contributed by atoms with Crippen molar-refractivity contribution in [3.8, 4) is 0 Å². The number of amides is 1. The van der Waals surface area contributed by atoms with Crippen LogP contribution in [-0.4, -0.2) is 10.5 Å². The Morgan fingerprint density at radius 2 is 2.26 bits per heavy atom. The van der Waals surface area contributed by atoms with E-state index in [0.29, 0.717) is 12.2 Å². The van der Waals surface area contributed by atoms with Gasteiger partial charge in [0.25, 0.3) is 0 Å². The second-order valence-corrected chi connectivity index (χ2v) is 4.41. The minimum absolute atomic E-state index is 0.119. The number of nitrogens with zero attached hydrogens (tertiary/aromatic N) is 1. The van der Waals surface area contributed by atoms with Gasteiger partial charge < -0.3 is 15.6 Å². The van der Waals surface area contributed by atoms with Gasteiger partial charge in [-0.25, -0.2) is 0 Å². The van der Waals surface area contributed by atoms with Gasteiger partial charge in [-0.15, -0.1) is 0 Å². The van der Waals surface area contributed by atoms with Crippen LogP contribution in [0.3, 0.4) is 0 Å². The zero-order valence-electron chi connectivity index (χ0n) is 10.8. The molecule has 1 aromatic carbocycles. The normalized spacial score (nSPS) is 10.8. The SMILES string of the molecule is Cn1ccc(CNC(=O)/C=C/c2cccc(N)c2)c1. The van der Waals surface area contributed by atoms with Gasteiger partial charge >= 0.3 is 0 Å². The summed E-state index contributed by atoms with van der Waals surface area (Å²) in [5, 5.41) is 2.83. The van der Waals surface area contributed by atoms with Crippen LogP contribution in [0.2, 0.25) is 0 Å². The molecule has 1 heterocycles. The molecule has 0 atom stereocenters. The van der Waals surface area contributed by atoms with E-state index in [-0.39, 0.29) is 5.91 Å². The third-order valence-corrected chi connectivity index (χ3v) is 2.70. The number of aryl methyl sites for hydroxylation is 1. The number of hydrogen-bond acceptors (Lipinski definition) is 2. The predicted octanol–water partition coefficient (Wildman–Crippen LogP) is 1.94. The summed E-state index contributed by atoms with van der Waals surface area (Å²) in [4.78, 5) is 11.6. The first-order valence-corrected chi connectivity index (χ1v) is 6.06. The fraction of sp³-hybridized carbons (Fsp3) is 0.133. The zero-order valence-corrected chi connectivity index (χ0v) is 10.8. The molecule has 0 radical (unpaired) electrons. The highest BCUT2D eigenvalue weighted by atomic mass is 16.1. The molecule has 3 N–H and O–H groups in total. The molecule has 0 spiro atoms. The molecular weight excluding hydrogens is 238 g/mol. The van der Waals surface area contributed by atoms with Gasteiger partial charge in [0.1, 0.15) is 0 Å². The minimum Gasteiger partial charge on any atom is -0.399 e. The average Bonchev–Trinajstić information content (AvgIpc) is 2.80. The van der Waals surface area contributed by atoms with Crippen molar-refractivity contribution in [2.45, 2.75) is 6.54 Å². The molecule has 0 saturated heterocycles. The van der Waals surface area contributed by atoms with Crippen molar-refractivity contribution in [3.05, 3.63) is 59.9 Å². The number of carbonyl (C=O) groups excluding carboxylic acids is 1. The van der Waals surface area contributed by atoms with Crippen LogP contribution in [0.1, 0.15) is 11.1 Å². The predicted molar refractivity (Wildman–Crippen MR) is 77.1 cm³/mol. The van der Waals surface area contributed by atoms with Crippen molar-refractivity contribution in [2.75, 3.05) is 5.73 Å². The smallest absolute Gasteiger partial charge is 0.244 e. The highest BCUT2D eigenvalue weighted by molar-refractivity contribution is 5.91. The number of hydrogen-bond donors (Lipinski definition) is 2. The molecule has 98 valence electrons. The molecule has 19 heavy (non-hydrogen) atoms. The summed E-state index contributed by atoms with van der Waals surface area (Å²) in [7, 11) is 1.95. The standard InChI is InChI=1S/C15H17N3O/c1-18-8-7-13(11-18)10-17-15(19)6-5-12-3-2-4-14(16)9-12/h2-9,11H,10,16H2,1H3,(H,17,19)/b6-5+. The Hall–Kier alpha value is -2.49. The molecule has 0 saturated carbocycles. The summed E-state index contributed by atoms with van der Waals surface area (Å²) in [5.41, 5.74) is 8.34. The van der Waals surface area contributed by atoms with Crippen LogP contribution < -0.4 is 11.1 Å². The second kappa shape index (κ2) is 5.91. The van der Waals surface area contributed by atoms with Crippen molar-refractivity contribution in [2.24, 2.45) is 7.05 Å². The van der Waals surface area contributed by atoms with E-state index in [4.69, 9.17) is 5.73 Å². The van der Waals surface area contributed by atoms with Crippen molar-refractivity contribution < 1.29 is 4.79 Å². The number of aromatic nitrogens is 1. The van der Waals surface area contributed by atoms with E-state index >= 15 is 0 Å². The Bertz CT molecular complexity index is 599. The highest BCUT2D eigenvalue weighted by Crippen LogP contribution is 2.07. The summed E-state index contributed by atoms with van der Waals surface area (Å²) in [6.07, 6.45) is 7.18. The van der Waals surface area contributed by atoms with Crippen LogP contribution in [0.15, 0.2) is 48.8 Å². The van der Waals surface area contributed by atoms with Crippen LogP contribution in [0.4, 0.5) is 5.69 Å². The summed E-state index contributed by atoms with van der Waals surface area (Å²) in [6.45, 7) is 0.529. The van der Waals surface area contributed by atoms with E-state index in [1.54, 1.807) is 6.08 Å². The molecule has 0 bridgehead atoms. The molecular formula is C15H17N3O.